The minimum Gasteiger partial charge on any atom is -0.497 e. The maximum atomic E-state index is 9.53. The lowest BCUT2D eigenvalue weighted by molar-refractivity contribution is 0.0363. The van der Waals surface area contributed by atoms with E-state index in [0.717, 1.165) is 56.2 Å². The van der Waals surface area contributed by atoms with Crippen molar-refractivity contribution in [3.8, 4) is 5.75 Å². The van der Waals surface area contributed by atoms with Crippen LogP contribution in [0, 0.1) is 0 Å². The monoisotopic (exact) mass is 291 g/mol. The lowest BCUT2D eigenvalue weighted by Crippen LogP contribution is -2.38. The van der Waals surface area contributed by atoms with Crippen LogP contribution in [0.3, 0.4) is 0 Å². The van der Waals surface area contributed by atoms with Crippen LogP contribution >= 0.6 is 0 Å². The lowest BCUT2D eigenvalue weighted by atomic mass is 10.3. The molecule has 0 atom stereocenters. The van der Waals surface area contributed by atoms with Crippen molar-refractivity contribution in [2.75, 3.05) is 40.0 Å². The van der Waals surface area contributed by atoms with E-state index in [9.17, 15) is 5.11 Å². The molecular weight excluding hydrogens is 270 g/mol. The van der Waals surface area contributed by atoms with Gasteiger partial charge in [0.2, 0.25) is 0 Å². The lowest BCUT2D eigenvalue weighted by Gasteiger charge is -2.26. The van der Waals surface area contributed by atoms with Crippen molar-refractivity contribution >= 4 is 11.0 Å². The number of hydrogen-bond acceptors (Lipinski definition) is 5. The Kier molecular flexibility index (Phi) is 4.38. The summed E-state index contributed by atoms with van der Waals surface area (Å²) in [7, 11) is 1.64. The van der Waals surface area contributed by atoms with Gasteiger partial charge in [0.1, 0.15) is 18.2 Å². The summed E-state index contributed by atoms with van der Waals surface area (Å²) in [6, 6.07) is 5.83. The van der Waals surface area contributed by atoms with Crippen LogP contribution in [0.1, 0.15) is 5.82 Å². The third kappa shape index (κ3) is 3.02. The summed E-state index contributed by atoms with van der Waals surface area (Å²) in [6.45, 7) is 5.24. The van der Waals surface area contributed by atoms with Gasteiger partial charge in [0, 0.05) is 32.2 Å². The van der Waals surface area contributed by atoms with Crippen molar-refractivity contribution in [3.05, 3.63) is 24.0 Å². The standard InChI is InChI=1S/C15H21N3O3/c1-20-12-2-3-14-13(10-12)16-15(11-19)18(14)5-4-17-6-8-21-9-7-17/h2-3,10,19H,4-9,11H2,1H3. The highest BCUT2D eigenvalue weighted by Crippen LogP contribution is 2.22. The first kappa shape index (κ1) is 14.3. The number of benzene rings is 1. The second-order valence-corrected chi connectivity index (χ2v) is 5.15. The molecule has 1 aliphatic heterocycles. The molecule has 0 saturated carbocycles. The van der Waals surface area contributed by atoms with Crippen LogP contribution in [-0.4, -0.2) is 59.5 Å². The maximum Gasteiger partial charge on any atom is 0.135 e. The molecule has 1 aromatic heterocycles. The van der Waals surface area contributed by atoms with E-state index in [1.54, 1.807) is 7.11 Å². The van der Waals surface area contributed by atoms with Crippen molar-refractivity contribution in [2.45, 2.75) is 13.2 Å². The van der Waals surface area contributed by atoms with Crippen molar-refractivity contribution in [1.29, 1.82) is 0 Å². The molecule has 0 radical (unpaired) electrons. The van der Waals surface area contributed by atoms with Gasteiger partial charge in [0.05, 0.1) is 31.4 Å². The summed E-state index contributed by atoms with van der Waals surface area (Å²) in [6.07, 6.45) is 0. The Hall–Kier alpha value is -1.63. The Morgan fingerprint density at radius 3 is 2.81 bits per heavy atom. The molecule has 0 bridgehead atoms. The smallest absolute Gasteiger partial charge is 0.135 e. The summed E-state index contributed by atoms with van der Waals surface area (Å²) < 4.78 is 12.7. The number of methoxy groups -OCH3 is 1. The fourth-order valence-corrected chi connectivity index (χ4v) is 2.72. The quantitative estimate of drug-likeness (QED) is 0.886. The normalized spacial score (nSPS) is 16.5. The molecule has 1 N–H and O–H groups in total. The van der Waals surface area contributed by atoms with Gasteiger partial charge in [0.15, 0.2) is 0 Å². The molecule has 1 fully saturated rings. The van der Waals surface area contributed by atoms with Gasteiger partial charge >= 0.3 is 0 Å². The van der Waals surface area contributed by atoms with Gasteiger partial charge in [-0.1, -0.05) is 0 Å². The molecule has 2 aromatic rings. The number of aliphatic hydroxyl groups excluding tert-OH is 1. The number of aromatic nitrogens is 2. The number of hydrogen-bond donors (Lipinski definition) is 1. The Balaban J connectivity index is 1.82. The molecule has 1 saturated heterocycles. The fourth-order valence-electron chi connectivity index (χ4n) is 2.72. The summed E-state index contributed by atoms with van der Waals surface area (Å²) in [4.78, 5) is 6.87. The van der Waals surface area contributed by atoms with E-state index in [1.165, 1.54) is 0 Å². The van der Waals surface area contributed by atoms with Crippen LogP contribution in [0.4, 0.5) is 0 Å². The summed E-state index contributed by atoms with van der Waals surface area (Å²) in [5, 5.41) is 9.53. The largest absolute Gasteiger partial charge is 0.497 e. The second kappa shape index (κ2) is 6.43. The van der Waals surface area contributed by atoms with Gasteiger partial charge in [-0.25, -0.2) is 4.98 Å². The van der Waals surface area contributed by atoms with E-state index in [2.05, 4.69) is 14.5 Å². The molecule has 0 spiro atoms. The van der Waals surface area contributed by atoms with Crippen LogP contribution in [0.5, 0.6) is 5.75 Å². The van der Waals surface area contributed by atoms with E-state index in [1.807, 2.05) is 18.2 Å². The van der Waals surface area contributed by atoms with Gasteiger partial charge < -0.3 is 19.1 Å². The van der Waals surface area contributed by atoms with Crippen molar-refractivity contribution in [2.24, 2.45) is 0 Å². The average molecular weight is 291 g/mol. The molecule has 21 heavy (non-hydrogen) atoms. The van der Waals surface area contributed by atoms with E-state index in [-0.39, 0.29) is 6.61 Å². The highest BCUT2D eigenvalue weighted by Gasteiger charge is 2.14. The molecule has 0 aliphatic carbocycles. The molecule has 2 heterocycles. The van der Waals surface area contributed by atoms with Crippen LogP contribution in [0.25, 0.3) is 11.0 Å². The van der Waals surface area contributed by atoms with Crippen LogP contribution < -0.4 is 4.74 Å². The second-order valence-electron chi connectivity index (χ2n) is 5.15. The Morgan fingerprint density at radius 2 is 2.10 bits per heavy atom. The fraction of sp³-hybridized carbons (Fsp3) is 0.533. The topological polar surface area (TPSA) is 59.8 Å². The first-order valence-electron chi connectivity index (χ1n) is 7.26. The van der Waals surface area contributed by atoms with Crippen molar-refractivity contribution < 1.29 is 14.6 Å². The number of fused-ring (bicyclic) bond motifs is 1. The highest BCUT2D eigenvalue weighted by atomic mass is 16.5. The first-order chi connectivity index (χ1) is 10.3. The molecule has 6 heteroatoms. The van der Waals surface area contributed by atoms with Crippen molar-refractivity contribution in [3.63, 3.8) is 0 Å². The number of ether oxygens (including phenoxy) is 2. The van der Waals surface area contributed by atoms with Gasteiger partial charge in [-0.05, 0) is 12.1 Å². The van der Waals surface area contributed by atoms with E-state index in [4.69, 9.17) is 9.47 Å². The zero-order valence-electron chi connectivity index (χ0n) is 12.3. The Labute approximate surface area is 123 Å². The molecule has 1 aliphatic rings. The molecule has 0 unspecified atom stereocenters. The molecule has 1 aromatic carbocycles. The van der Waals surface area contributed by atoms with E-state index in [0.29, 0.717) is 5.82 Å². The summed E-state index contributed by atoms with van der Waals surface area (Å²) in [5.74, 6) is 1.48. The van der Waals surface area contributed by atoms with E-state index < -0.39 is 0 Å². The summed E-state index contributed by atoms with van der Waals surface area (Å²) >= 11 is 0. The Morgan fingerprint density at radius 1 is 1.29 bits per heavy atom. The number of aliphatic hydroxyl groups is 1. The Bertz CT molecular complexity index is 605. The molecule has 114 valence electrons. The number of nitrogens with zero attached hydrogens (tertiary/aromatic N) is 3. The average Bonchev–Trinajstić information content (AvgIpc) is 2.90. The van der Waals surface area contributed by atoms with Crippen molar-refractivity contribution in [1.82, 2.24) is 14.5 Å². The minimum atomic E-state index is -0.0554. The predicted octanol–water partition coefficient (Wildman–Crippen LogP) is 0.869. The van der Waals surface area contributed by atoms with Crippen LogP contribution in [0.15, 0.2) is 18.2 Å². The number of morpholine rings is 1. The molecule has 0 amide bonds. The first-order valence-corrected chi connectivity index (χ1v) is 7.26. The third-order valence-electron chi connectivity index (χ3n) is 3.92. The number of imidazole rings is 1. The zero-order valence-corrected chi connectivity index (χ0v) is 12.3. The molecular formula is C15H21N3O3. The maximum absolute atomic E-state index is 9.53. The molecule has 6 nitrogen and oxygen atoms in total. The van der Waals surface area contributed by atoms with E-state index >= 15 is 0 Å². The minimum absolute atomic E-state index is 0.0554. The van der Waals surface area contributed by atoms with Gasteiger partial charge in [-0.3, -0.25) is 4.90 Å². The van der Waals surface area contributed by atoms with Crippen LogP contribution in [0.2, 0.25) is 0 Å². The van der Waals surface area contributed by atoms with Gasteiger partial charge in [-0.15, -0.1) is 0 Å². The highest BCUT2D eigenvalue weighted by molar-refractivity contribution is 5.77. The number of rotatable bonds is 5. The SMILES string of the molecule is COc1ccc2c(c1)nc(CO)n2CCN1CCOCC1. The third-order valence-corrected chi connectivity index (χ3v) is 3.92. The predicted molar refractivity (Wildman–Crippen MR) is 79.5 cm³/mol. The van der Waals surface area contributed by atoms with Gasteiger partial charge in [-0.2, -0.15) is 0 Å². The van der Waals surface area contributed by atoms with Crippen LogP contribution in [-0.2, 0) is 17.9 Å². The molecule has 3 rings (SSSR count). The summed E-state index contributed by atoms with van der Waals surface area (Å²) in [5.41, 5.74) is 1.90. The van der Waals surface area contributed by atoms with Gasteiger partial charge in [0.25, 0.3) is 0 Å². The zero-order chi connectivity index (χ0) is 14.7.